The Morgan fingerprint density at radius 2 is 2.05 bits per heavy atom. The first-order valence-electron chi connectivity index (χ1n) is 6.73. The van der Waals surface area contributed by atoms with Crippen LogP contribution >= 0.6 is 11.6 Å². The second-order valence-corrected chi connectivity index (χ2v) is 5.68. The van der Waals surface area contributed by atoms with Crippen LogP contribution in [0, 0.1) is 23.0 Å². The van der Waals surface area contributed by atoms with Crippen LogP contribution in [0.2, 0.25) is 5.02 Å². The van der Waals surface area contributed by atoms with E-state index in [-0.39, 0.29) is 23.4 Å². The highest BCUT2D eigenvalue weighted by Gasteiger charge is 2.23. The molecule has 0 saturated heterocycles. The van der Waals surface area contributed by atoms with Crippen LogP contribution in [-0.2, 0) is 0 Å². The molecule has 1 aromatic rings. The molecule has 1 aliphatic rings. The Morgan fingerprint density at radius 1 is 1.40 bits per heavy atom. The molecule has 0 unspecified atom stereocenters. The summed E-state index contributed by atoms with van der Waals surface area (Å²) in [5.74, 6) is 0.976. The van der Waals surface area contributed by atoms with Crippen LogP contribution in [0.25, 0.3) is 0 Å². The van der Waals surface area contributed by atoms with Gasteiger partial charge in [0.25, 0.3) is 5.69 Å². The van der Waals surface area contributed by atoms with Crippen LogP contribution in [0.5, 0.6) is 5.75 Å². The largest absolute Gasteiger partial charge is 0.490 e. The zero-order valence-corrected chi connectivity index (χ0v) is 12.1. The maximum absolute atomic E-state index is 10.8. The van der Waals surface area contributed by atoms with Gasteiger partial charge in [-0.1, -0.05) is 11.6 Å². The van der Waals surface area contributed by atoms with Gasteiger partial charge in [0.2, 0.25) is 0 Å². The Balaban J connectivity index is 2.07. The van der Waals surface area contributed by atoms with Crippen molar-refractivity contribution in [1.82, 2.24) is 0 Å². The Kier molecular flexibility index (Phi) is 4.83. The van der Waals surface area contributed by atoms with Gasteiger partial charge in [-0.15, -0.1) is 0 Å². The third-order valence-electron chi connectivity index (χ3n) is 3.79. The molecule has 0 heterocycles. The lowest BCUT2D eigenvalue weighted by atomic mass is 9.88. The summed E-state index contributed by atoms with van der Waals surface area (Å²) in [5, 5.41) is 20.0. The molecule has 2 rings (SSSR count). The van der Waals surface area contributed by atoms with Crippen molar-refractivity contribution in [2.45, 2.75) is 38.7 Å². The zero-order valence-electron chi connectivity index (χ0n) is 11.3. The van der Waals surface area contributed by atoms with E-state index >= 15 is 0 Å². The Labute approximate surface area is 122 Å². The van der Waals surface area contributed by atoms with Gasteiger partial charge in [-0.2, -0.15) is 0 Å². The molecule has 0 radical (unpaired) electrons. The maximum Gasteiger partial charge on any atom is 0.288 e. The molecule has 6 heteroatoms. The van der Waals surface area contributed by atoms with E-state index in [1.165, 1.54) is 12.1 Å². The van der Waals surface area contributed by atoms with Crippen molar-refractivity contribution >= 4 is 17.3 Å². The minimum atomic E-state index is -0.494. The van der Waals surface area contributed by atoms with Crippen molar-refractivity contribution in [3.63, 3.8) is 0 Å². The zero-order chi connectivity index (χ0) is 14.7. The van der Waals surface area contributed by atoms with Crippen LogP contribution in [-0.4, -0.2) is 22.7 Å². The van der Waals surface area contributed by atoms with Crippen molar-refractivity contribution in [3.8, 4) is 5.75 Å². The van der Waals surface area contributed by atoms with Crippen molar-refractivity contribution in [2.75, 3.05) is 6.61 Å². The van der Waals surface area contributed by atoms with Gasteiger partial charge in [-0.25, -0.2) is 0 Å². The monoisotopic (exact) mass is 299 g/mol. The summed E-state index contributed by atoms with van der Waals surface area (Å²) in [5.41, 5.74) is 0.617. The van der Waals surface area contributed by atoms with E-state index in [9.17, 15) is 10.1 Å². The number of rotatable bonds is 4. The quantitative estimate of drug-likeness (QED) is 0.682. The average Bonchev–Trinajstić information content (AvgIpc) is 2.43. The lowest BCUT2D eigenvalue weighted by Crippen LogP contribution is -2.25. The van der Waals surface area contributed by atoms with Crippen molar-refractivity contribution in [3.05, 3.63) is 32.8 Å². The second-order valence-electron chi connectivity index (χ2n) is 5.27. The maximum atomic E-state index is 10.8. The number of aliphatic hydroxyl groups is 1. The number of hydrogen-bond acceptors (Lipinski definition) is 4. The minimum Gasteiger partial charge on any atom is -0.490 e. The summed E-state index contributed by atoms with van der Waals surface area (Å²) in [6.07, 6.45) is 3.76. The Bertz CT molecular complexity index is 498. The molecule has 1 aromatic carbocycles. The fraction of sp³-hybridized carbons (Fsp3) is 0.571. The van der Waals surface area contributed by atoms with Gasteiger partial charge >= 0.3 is 0 Å². The normalized spacial score (nSPS) is 22.6. The van der Waals surface area contributed by atoms with Gasteiger partial charge in [-0.05, 0) is 44.1 Å². The molecular formula is C14H18ClNO4. The Morgan fingerprint density at radius 3 is 2.60 bits per heavy atom. The molecular weight excluding hydrogens is 282 g/mol. The van der Waals surface area contributed by atoms with Crippen LogP contribution in [0.4, 0.5) is 5.69 Å². The molecule has 20 heavy (non-hydrogen) atoms. The molecule has 1 fully saturated rings. The summed E-state index contributed by atoms with van der Waals surface area (Å²) in [4.78, 5) is 10.3. The van der Waals surface area contributed by atoms with Gasteiger partial charge in [-0.3, -0.25) is 10.1 Å². The number of halogens is 1. The summed E-state index contributed by atoms with van der Waals surface area (Å²) >= 11 is 5.90. The number of benzene rings is 1. The van der Waals surface area contributed by atoms with Crippen molar-refractivity contribution < 1.29 is 14.8 Å². The topological polar surface area (TPSA) is 72.6 Å². The highest BCUT2D eigenvalue weighted by molar-refractivity contribution is 6.32. The van der Waals surface area contributed by atoms with E-state index in [2.05, 4.69) is 0 Å². The van der Waals surface area contributed by atoms with Crippen LogP contribution in [0.1, 0.15) is 31.2 Å². The first-order chi connectivity index (χ1) is 9.51. The number of aliphatic hydroxyl groups excluding tert-OH is 1. The molecule has 1 saturated carbocycles. The molecule has 5 nitrogen and oxygen atoms in total. The summed E-state index contributed by atoms with van der Waals surface area (Å²) in [6.45, 7) is 2.01. The molecule has 110 valence electrons. The van der Waals surface area contributed by atoms with E-state index in [0.717, 1.165) is 25.7 Å². The molecule has 1 aliphatic carbocycles. The number of aryl methyl sites for hydroxylation is 1. The summed E-state index contributed by atoms with van der Waals surface area (Å²) < 4.78 is 5.91. The standard InChI is InChI=1S/C14H18ClNO4/c1-9-6-13(16(18)19)12(15)7-14(9)20-11-4-2-10(8-17)3-5-11/h6-7,10-11,17H,2-5,8H2,1H3. The second kappa shape index (κ2) is 6.41. The fourth-order valence-electron chi connectivity index (χ4n) is 2.53. The number of nitro benzene ring substituents is 1. The molecule has 0 aromatic heterocycles. The summed E-state index contributed by atoms with van der Waals surface area (Å²) in [6, 6.07) is 2.96. The van der Waals surface area contributed by atoms with Crippen molar-refractivity contribution in [1.29, 1.82) is 0 Å². The number of nitro groups is 1. The van der Waals surface area contributed by atoms with Gasteiger partial charge in [0.1, 0.15) is 10.8 Å². The number of hydrogen-bond donors (Lipinski definition) is 1. The molecule has 0 bridgehead atoms. The molecule has 0 atom stereocenters. The van der Waals surface area contributed by atoms with E-state index in [1.807, 2.05) is 0 Å². The molecule has 0 aliphatic heterocycles. The molecule has 0 amide bonds. The lowest BCUT2D eigenvalue weighted by molar-refractivity contribution is -0.384. The highest BCUT2D eigenvalue weighted by Crippen LogP contribution is 2.34. The first-order valence-corrected chi connectivity index (χ1v) is 7.11. The van der Waals surface area contributed by atoms with Gasteiger partial charge in [0.15, 0.2) is 0 Å². The predicted molar refractivity (Wildman–Crippen MR) is 76.3 cm³/mol. The summed E-state index contributed by atoms with van der Waals surface area (Å²) in [7, 11) is 0. The van der Waals surface area contributed by atoms with Gasteiger partial charge < -0.3 is 9.84 Å². The predicted octanol–water partition coefficient (Wildman–Crippen LogP) is 3.49. The van der Waals surface area contributed by atoms with Gasteiger partial charge in [0, 0.05) is 18.7 Å². The fourth-order valence-corrected chi connectivity index (χ4v) is 2.75. The molecule has 0 spiro atoms. The smallest absolute Gasteiger partial charge is 0.288 e. The third-order valence-corrected chi connectivity index (χ3v) is 4.09. The number of ether oxygens (including phenoxy) is 1. The van der Waals surface area contributed by atoms with E-state index in [1.54, 1.807) is 6.92 Å². The first kappa shape index (κ1) is 15.1. The average molecular weight is 300 g/mol. The SMILES string of the molecule is Cc1cc([N+](=O)[O-])c(Cl)cc1OC1CCC(CO)CC1. The van der Waals surface area contributed by atoms with Gasteiger partial charge in [0.05, 0.1) is 11.0 Å². The van der Waals surface area contributed by atoms with Crippen LogP contribution in [0.3, 0.4) is 0 Å². The number of nitrogens with zero attached hydrogens (tertiary/aromatic N) is 1. The van der Waals surface area contributed by atoms with E-state index in [0.29, 0.717) is 17.2 Å². The third kappa shape index (κ3) is 3.41. The highest BCUT2D eigenvalue weighted by atomic mass is 35.5. The molecule has 1 N–H and O–H groups in total. The Hall–Kier alpha value is -1.33. The lowest BCUT2D eigenvalue weighted by Gasteiger charge is -2.28. The van der Waals surface area contributed by atoms with Crippen LogP contribution < -0.4 is 4.74 Å². The minimum absolute atomic E-state index is 0.0917. The van der Waals surface area contributed by atoms with Crippen molar-refractivity contribution in [2.24, 2.45) is 5.92 Å². The van der Waals surface area contributed by atoms with E-state index < -0.39 is 4.92 Å². The van der Waals surface area contributed by atoms with E-state index in [4.69, 9.17) is 21.4 Å². The van der Waals surface area contributed by atoms with Crippen LogP contribution in [0.15, 0.2) is 12.1 Å².